The molecule has 0 N–H and O–H groups in total. The number of benzene rings is 1. The fourth-order valence-corrected chi connectivity index (χ4v) is 2.96. The highest BCUT2D eigenvalue weighted by molar-refractivity contribution is 5.85. The zero-order valence-electron chi connectivity index (χ0n) is 10.7. The number of rotatable bonds is 2. The van der Waals surface area contributed by atoms with Crippen molar-refractivity contribution in [3.05, 3.63) is 35.5 Å². The molecular formula is C15H20N2. The minimum absolute atomic E-state index is 1.12. The molecule has 0 spiro atoms. The number of para-hydroxylation sites is 1. The van der Waals surface area contributed by atoms with E-state index in [1.165, 1.54) is 48.1 Å². The van der Waals surface area contributed by atoms with Gasteiger partial charge in [-0.1, -0.05) is 18.2 Å². The van der Waals surface area contributed by atoms with E-state index in [0.29, 0.717) is 0 Å². The molecule has 2 aromatic rings. The third kappa shape index (κ3) is 1.77. The Kier molecular flexibility index (Phi) is 2.67. The van der Waals surface area contributed by atoms with Crippen molar-refractivity contribution in [2.75, 3.05) is 13.1 Å². The molecule has 1 fully saturated rings. The largest absolute Gasteiger partial charge is 0.348 e. The second-order valence-electron chi connectivity index (χ2n) is 5.12. The molecule has 1 aliphatic heterocycles. The zero-order chi connectivity index (χ0) is 11.8. The van der Waals surface area contributed by atoms with Gasteiger partial charge in [-0.2, -0.15) is 0 Å². The third-order valence-electron chi connectivity index (χ3n) is 4.11. The lowest BCUT2D eigenvalue weighted by atomic mass is 10.1. The van der Waals surface area contributed by atoms with Gasteiger partial charge in [-0.15, -0.1) is 0 Å². The highest BCUT2D eigenvalue weighted by Crippen LogP contribution is 2.26. The number of aryl methyl sites for hydroxylation is 1. The van der Waals surface area contributed by atoms with Gasteiger partial charge < -0.3 is 4.57 Å². The van der Waals surface area contributed by atoms with Gasteiger partial charge in [0.05, 0.1) is 0 Å². The van der Waals surface area contributed by atoms with Crippen LogP contribution in [0.15, 0.2) is 24.3 Å². The Morgan fingerprint density at radius 3 is 2.59 bits per heavy atom. The maximum atomic E-state index is 2.58. The van der Waals surface area contributed by atoms with Crippen LogP contribution in [0.4, 0.5) is 0 Å². The van der Waals surface area contributed by atoms with Crippen molar-refractivity contribution in [3.8, 4) is 0 Å². The van der Waals surface area contributed by atoms with Crippen molar-refractivity contribution in [1.29, 1.82) is 0 Å². The summed E-state index contributed by atoms with van der Waals surface area (Å²) in [5.74, 6) is 0. The number of likely N-dealkylation sites (tertiary alicyclic amines) is 1. The van der Waals surface area contributed by atoms with Crippen LogP contribution < -0.4 is 0 Å². The maximum absolute atomic E-state index is 2.58. The molecule has 0 bridgehead atoms. The molecule has 0 saturated carbocycles. The van der Waals surface area contributed by atoms with E-state index < -0.39 is 0 Å². The lowest BCUT2D eigenvalue weighted by Gasteiger charge is -2.14. The summed E-state index contributed by atoms with van der Waals surface area (Å²) in [6.07, 6.45) is 2.73. The van der Waals surface area contributed by atoms with Crippen LogP contribution in [0.25, 0.3) is 10.9 Å². The lowest BCUT2D eigenvalue weighted by molar-refractivity contribution is 0.331. The normalized spacial score (nSPS) is 17.1. The first-order valence-corrected chi connectivity index (χ1v) is 6.52. The fraction of sp³-hybridized carbons (Fsp3) is 0.467. The van der Waals surface area contributed by atoms with Gasteiger partial charge in [0.2, 0.25) is 0 Å². The predicted octanol–water partition coefficient (Wildman–Crippen LogP) is 3.08. The molecule has 3 rings (SSSR count). The smallest absolute Gasteiger partial charge is 0.0483 e. The number of fused-ring (bicyclic) bond motifs is 1. The van der Waals surface area contributed by atoms with Crippen LogP contribution in [-0.4, -0.2) is 22.6 Å². The molecule has 0 unspecified atom stereocenters. The Morgan fingerprint density at radius 1 is 1.12 bits per heavy atom. The van der Waals surface area contributed by atoms with Gasteiger partial charge in [-0.3, -0.25) is 4.90 Å². The van der Waals surface area contributed by atoms with Crippen LogP contribution in [0.1, 0.15) is 24.1 Å². The van der Waals surface area contributed by atoms with Crippen molar-refractivity contribution >= 4 is 10.9 Å². The SMILES string of the molecule is Cc1c(CN2CCCC2)c2ccccc2n1C. The third-order valence-corrected chi connectivity index (χ3v) is 4.11. The molecule has 0 atom stereocenters. The van der Waals surface area contributed by atoms with Crippen LogP contribution in [0.2, 0.25) is 0 Å². The molecular weight excluding hydrogens is 208 g/mol. The van der Waals surface area contributed by atoms with Crippen molar-refractivity contribution < 1.29 is 0 Å². The first kappa shape index (κ1) is 10.8. The van der Waals surface area contributed by atoms with E-state index in [-0.39, 0.29) is 0 Å². The van der Waals surface area contributed by atoms with Gasteiger partial charge in [-0.05, 0) is 44.5 Å². The van der Waals surface area contributed by atoms with Crippen molar-refractivity contribution in [2.45, 2.75) is 26.3 Å². The number of hydrogen-bond donors (Lipinski definition) is 0. The van der Waals surface area contributed by atoms with E-state index in [2.05, 4.69) is 47.7 Å². The van der Waals surface area contributed by atoms with Gasteiger partial charge in [0, 0.05) is 30.2 Å². The molecule has 1 aromatic heterocycles. The quantitative estimate of drug-likeness (QED) is 0.767. The molecule has 2 heteroatoms. The average Bonchev–Trinajstić information content (AvgIpc) is 2.94. The second-order valence-corrected chi connectivity index (χ2v) is 5.12. The Labute approximate surface area is 103 Å². The highest BCUT2D eigenvalue weighted by atomic mass is 15.1. The van der Waals surface area contributed by atoms with Crippen molar-refractivity contribution in [1.82, 2.24) is 9.47 Å². The highest BCUT2D eigenvalue weighted by Gasteiger charge is 2.17. The summed E-state index contributed by atoms with van der Waals surface area (Å²) < 4.78 is 2.32. The first-order valence-electron chi connectivity index (χ1n) is 6.52. The van der Waals surface area contributed by atoms with E-state index in [1.54, 1.807) is 0 Å². The molecule has 0 amide bonds. The Balaban J connectivity index is 2.05. The molecule has 2 heterocycles. The lowest BCUT2D eigenvalue weighted by Crippen LogP contribution is -2.18. The van der Waals surface area contributed by atoms with Gasteiger partial charge >= 0.3 is 0 Å². The summed E-state index contributed by atoms with van der Waals surface area (Å²) in [6, 6.07) is 8.75. The first-order chi connectivity index (χ1) is 8.27. The van der Waals surface area contributed by atoms with Crippen LogP contribution in [0, 0.1) is 6.92 Å². The van der Waals surface area contributed by atoms with Gasteiger partial charge in [0.1, 0.15) is 0 Å². The van der Waals surface area contributed by atoms with Gasteiger partial charge in [-0.25, -0.2) is 0 Å². The van der Waals surface area contributed by atoms with E-state index in [0.717, 1.165) is 6.54 Å². The molecule has 1 aromatic carbocycles. The summed E-state index contributed by atoms with van der Waals surface area (Å²) in [6.45, 7) is 5.89. The van der Waals surface area contributed by atoms with Crippen LogP contribution in [-0.2, 0) is 13.6 Å². The van der Waals surface area contributed by atoms with Gasteiger partial charge in [0.25, 0.3) is 0 Å². The molecule has 1 aliphatic rings. The van der Waals surface area contributed by atoms with E-state index in [4.69, 9.17) is 0 Å². The van der Waals surface area contributed by atoms with Crippen molar-refractivity contribution in [3.63, 3.8) is 0 Å². The Hall–Kier alpha value is -1.28. The molecule has 90 valence electrons. The van der Waals surface area contributed by atoms with E-state index >= 15 is 0 Å². The minimum Gasteiger partial charge on any atom is -0.348 e. The van der Waals surface area contributed by atoms with Crippen LogP contribution >= 0.6 is 0 Å². The maximum Gasteiger partial charge on any atom is 0.0483 e. The molecule has 2 nitrogen and oxygen atoms in total. The van der Waals surface area contributed by atoms with Crippen molar-refractivity contribution in [2.24, 2.45) is 7.05 Å². The van der Waals surface area contributed by atoms with E-state index in [1.807, 2.05) is 0 Å². The minimum atomic E-state index is 1.12. The van der Waals surface area contributed by atoms with Crippen LogP contribution in [0.5, 0.6) is 0 Å². The fourth-order valence-electron chi connectivity index (χ4n) is 2.96. The molecule has 17 heavy (non-hydrogen) atoms. The number of aromatic nitrogens is 1. The van der Waals surface area contributed by atoms with Gasteiger partial charge in [0.15, 0.2) is 0 Å². The monoisotopic (exact) mass is 228 g/mol. The zero-order valence-corrected chi connectivity index (χ0v) is 10.7. The number of nitrogens with zero attached hydrogens (tertiary/aromatic N) is 2. The predicted molar refractivity (Wildman–Crippen MR) is 72.2 cm³/mol. The Bertz CT molecular complexity index is 533. The van der Waals surface area contributed by atoms with E-state index in [9.17, 15) is 0 Å². The standard InChI is InChI=1S/C15H20N2/c1-12-14(11-17-9-5-6-10-17)13-7-3-4-8-15(13)16(12)2/h3-4,7-8H,5-6,9-11H2,1-2H3. The summed E-state index contributed by atoms with van der Waals surface area (Å²) in [4.78, 5) is 2.58. The summed E-state index contributed by atoms with van der Waals surface area (Å²) >= 11 is 0. The molecule has 0 radical (unpaired) electrons. The topological polar surface area (TPSA) is 8.17 Å². The molecule has 0 aliphatic carbocycles. The average molecular weight is 228 g/mol. The summed E-state index contributed by atoms with van der Waals surface area (Å²) in [5, 5.41) is 1.43. The number of hydrogen-bond acceptors (Lipinski definition) is 1. The summed E-state index contributed by atoms with van der Waals surface area (Å²) in [7, 11) is 2.17. The second kappa shape index (κ2) is 4.19. The summed E-state index contributed by atoms with van der Waals surface area (Å²) in [5.41, 5.74) is 4.29. The molecule has 1 saturated heterocycles. The Morgan fingerprint density at radius 2 is 1.82 bits per heavy atom. The van der Waals surface area contributed by atoms with Crippen LogP contribution in [0.3, 0.4) is 0 Å².